The van der Waals surface area contributed by atoms with Crippen molar-refractivity contribution in [1.82, 2.24) is 40.3 Å². The number of aromatic nitrogens is 8. The van der Waals surface area contributed by atoms with Crippen LogP contribution in [-0.4, -0.2) is 40.3 Å². The number of hydrogen-bond donors (Lipinski definition) is 0. The van der Waals surface area contributed by atoms with Crippen molar-refractivity contribution in [3.05, 3.63) is 158 Å². The molecule has 0 aliphatic carbocycles. The van der Waals surface area contributed by atoms with Gasteiger partial charge in [0, 0.05) is 33.0 Å². The average Bonchev–Trinajstić information content (AvgIpc) is 3.21. The molecule has 0 spiro atoms. The molecule has 5 aromatic carbocycles. The Morgan fingerprint density at radius 2 is 0.580 bits per heavy atom. The molecule has 0 saturated heterocycles. The van der Waals surface area contributed by atoms with Gasteiger partial charge < -0.3 is 0 Å². The second-order valence-electron chi connectivity index (χ2n) is 11.7. The summed E-state index contributed by atoms with van der Waals surface area (Å²) in [6, 6.07) is 52.0. The third-order valence-corrected chi connectivity index (χ3v) is 8.54. The number of fused-ring (bicyclic) bond motifs is 3. The predicted molar refractivity (Wildman–Crippen MR) is 196 cm³/mol. The maximum absolute atomic E-state index is 5.08. The summed E-state index contributed by atoms with van der Waals surface area (Å²) in [7, 11) is 0. The molecule has 9 rings (SSSR count). The summed E-state index contributed by atoms with van der Waals surface area (Å²) < 4.78 is 0. The Labute approximate surface area is 287 Å². The normalized spacial score (nSPS) is 11.2. The molecule has 8 nitrogen and oxygen atoms in total. The SMILES string of the molecule is c1ccc(-c2nnc(-c3ccc4ccc5ccc(-c6nnc(-c7ccccc7)c(-c7ccccc7)n6)nc5c4n3)nc2-c2ccccc2)cc1. The van der Waals surface area contributed by atoms with Gasteiger partial charge in [-0.2, -0.15) is 0 Å². The van der Waals surface area contributed by atoms with E-state index in [1.165, 1.54) is 0 Å². The minimum absolute atomic E-state index is 0.426. The van der Waals surface area contributed by atoms with E-state index in [9.17, 15) is 0 Å². The van der Waals surface area contributed by atoms with E-state index in [0.717, 1.165) is 55.4 Å². The van der Waals surface area contributed by atoms with Crippen molar-refractivity contribution in [3.63, 3.8) is 0 Å². The van der Waals surface area contributed by atoms with Gasteiger partial charge >= 0.3 is 0 Å². The Morgan fingerprint density at radius 1 is 0.260 bits per heavy atom. The Balaban J connectivity index is 1.17. The molecule has 4 heterocycles. The van der Waals surface area contributed by atoms with Gasteiger partial charge in [0.05, 0.1) is 11.0 Å². The smallest absolute Gasteiger partial charge is 0.201 e. The summed E-state index contributed by atoms with van der Waals surface area (Å²) in [6.45, 7) is 0. The van der Waals surface area contributed by atoms with Gasteiger partial charge in [-0.25, -0.2) is 19.9 Å². The molecule has 0 aliphatic rings. The molecule has 9 aromatic rings. The van der Waals surface area contributed by atoms with Crippen LogP contribution in [0.5, 0.6) is 0 Å². The van der Waals surface area contributed by atoms with Crippen molar-refractivity contribution in [2.75, 3.05) is 0 Å². The van der Waals surface area contributed by atoms with Gasteiger partial charge in [-0.1, -0.05) is 146 Å². The van der Waals surface area contributed by atoms with Crippen LogP contribution in [-0.2, 0) is 0 Å². The topological polar surface area (TPSA) is 103 Å². The first-order chi connectivity index (χ1) is 24.8. The molecule has 0 unspecified atom stereocenters. The van der Waals surface area contributed by atoms with E-state index < -0.39 is 0 Å². The van der Waals surface area contributed by atoms with Crippen molar-refractivity contribution in [3.8, 4) is 68.1 Å². The van der Waals surface area contributed by atoms with Gasteiger partial charge in [0.15, 0.2) is 0 Å². The molecule has 50 heavy (non-hydrogen) atoms. The zero-order valence-corrected chi connectivity index (χ0v) is 26.6. The Hall–Kier alpha value is -7.06. The van der Waals surface area contributed by atoms with E-state index in [4.69, 9.17) is 19.9 Å². The summed E-state index contributed by atoms with van der Waals surface area (Å²) in [5, 5.41) is 20.3. The van der Waals surface area contributed by atoms with E-state index in [-0.39, 0.29) is 0 Å². The van der Waals surface area contributed by atoms with Gasteiger partial charge in [0.1, 0.15) is 34.2 Å². The van der Waals surface area contributed by atoms with E-state index in [1.54, 1.807) is 0 Å². The van der Waals surface area contributed by atoms with Crippen molar-refractivity contribution in [2.45, 2.75) is 0 Å². The highest BCUT2D eigenvalue weighted by atomic mass is 15.2. The first-order valence-corrected chi connectivity index (χ1v) is 16.2. The van der Waals surface area contributed by atoms with Crippen LogP contribution in [0.4, 0.5) is 0 Å². The third kappa shape index (κ3) is 5.40. The maximum atomic E-state index is 5.08. The lowest BCUT2D eigenvalue weighted by Crippen LogP contribution is -2.02. The predicted octanol–water partition coefficient (Wildman–Crippen LogP) is 9.15. The second-order valence-corrected chi connectivity index (χ2v) is 11.7. The third-order valence-electron chi connectivity index (χ3n) is 8.54. The van der Waals surface area contributed by atoms with Crippen LogP contribution >= 0.6 is 0 Å². The lowest BCUT2D eigenvalue weighted by Gasteiger charge is -2.11. The van der Waals surface area contributed by atoms with Crippen molar-refractivity contribution < 1.29 is 0 Å². The average molecular weight is 643 g/mol. The van der Waals surface area contributed by atoms with Gasteiger partial charge in [-0.15, -0.1) is 20.4 Å². The van der Waals surface area contributed by atoms with Crippen LogP contribution in [0.3, 0.4) is 0 Å². The Morgan fingerprint density at radius 3 is 0.940 bits per heavy atom. The van der Waals surface area contributed by atoms with Crippen molar-refractivity contribution >= 4 is 21.8 Å². The standard InChI is InChI=1S/C42H26N8/c1-5-13-27(14-6-1)37-39(29-17-9-3-10-18-29)47-49-41(45-37)33-25-23-31-21-22-32-24-26-34(44-36(32)35(31)43-33)42-46-38(28-15-7-2-8-16-28)40(48-50-42)30-19-11-4-12-20-30/h1-26H. The van der Waals surface area contributed by atoms with E-state index >= 15 is 0 Å². The minimum atomic E-state index is 0.426. The Bertz CT molecular complexity index is 2450. The number of rotatable bonds is 6. The van der Waals surface area contributed by atoms with Gasteiger partial charge in [0.25, 0.3) is 0 Å². The lowest BCUT2D eigenvalue weighted by atomic mass is 10.0. The van der Waals surface area contributed by atoms with E-state index in [0.29, 0.717) is 34.4 Å². The number of benzene rings is 5. The molecule has 0 saturated carbocycles. The largest absolute Gasteiger partial charge is 0.242 e. The summed E-state index contributed by atoms with van der Waals surface area (Å²) in [4.78, 5) is 20.2. The summed E-state index contributed by atoms with van der Waals surface area (Å²) in [6.07, 6.45) is 0. The molecule has 8 heteroatoms. The molecule has 234 valence electrons. The minimum Gasteiger partial charge on any atom is -0.242 e. The van der Waals surface area contributed by atoms with Crippen molar-refractivity contribution in [2.24, 2.45) is 0 Å². The lowest BCUT2D eigenvalue weighted by molar-refractivity contribution is 0.983. The second kappa shape index (κ2) is 12.5. The van der Waals surface area contributed by atoms with E-state index in [2.05, 4.69) is 20.4 Å². The number of hydrogen-bond acceptors (Lipinski definition) is 8. The number of nitrogens with zero attached hydrogens (tertiary/aromatic N) is 8. The van der Waals surface area contributed by atoms with Crippen LogP contribution in [0.1, 0.15) is 0 Å². The molecule has 0 N–H and O–H groups in total. The van der Waals surface area contributed by atoms with Crippen LogP contribution in [0.15, 0.2) is 158 Å². The van der Waals surface area contributed by atoms with Gasteiger partial charge in [-0.05, 0) is 12.1 Å². The van der Waals surface area contributed by atoms with Gasteiger partial charge in [0.2, 0.25) is 11.6 Å². The fraction of sp³-hybridized carbons (Fsp3) is 0. The fourth-order valence-electron chi connectivity index (χ4n) is 6.06. The molecule has 0 fully saturated rings. The van der Waals surface area contributed by atoms with E-state index in [1.807, 2.05) is 158 Å². The Kier molecular flexibility index (Phi) is 7.29. The highest BCUT2D eigenvalue weighted by molar-refractivity contribution is 6.04. The number of pyridine rings is 2. The highest BCUT2D eigenvalue weighted by Gasteiger charge is 2.18. The molecule has 0 bridgehead atoms. The zero-order chi connectivity index (χ0) is 33.3. The monoisotopic (exact) mass is 642 g/mol. The quantitative estimate of drug-likeness (QED) is 0.165. The maximum Gasteiger partial charge on any atom is 0.201 e. The molecule has 0 radical (unpaired) electrons. The molecule has 0 atom stereocenters. The first kappa shape index (κ1) is 29.1. The van der Waals surface area contributed by atoms with Crippen LogP contribution in [0, 0.1) is 0 Å². The van der Waals surface area contributed by atoms with Crippen LogP contribution in [0.2, 0.25) is 0 Å². The van der Waals surface area contributed by atoms with Crippen molar-refractivity contribution in [1.29, 1.82) is 0 Å². The molecule has 0 amide bonds. The summed E-state index contributed by atoms with van der Waals surface area (Å²) >= 11 is 0. The fourth-order valence-corrected chi connectivity index (χ4v) is 6.06. The zero-order valence-electron chi connectivity index (χ0n) is 26.6. The molecule has 4 aromatic heterocycles. The molecular weight excluding hydrogens is 617 g/mol. The summed E-state index contributed by atoms with van der Waals surface area (Å²) in [5.41, 5.74) is 9.29. The highest BCUT2D eigenvalue weighted by Crippen LogP contribution is 2.33. The molecular formula is C42H26N8. The van der Waals surface area contributed by atoms with Crippen LogP contribution in [0.25, 0.3) is 89.9 Å². The summed E-state index contributed by atoms with van der Waals surface area (Å²) in [5.74, 6) is 0.852. The van der Waals surface area contributed by atoms with Crippen LogP contribution < -0.4 is 0 Å². The van der Waals surface area contributed by atoms with Gasteiger partial charge in [-0.3, -0.25) is 0 Å². The molecule has 0 aliphatic heterocycles. The first-order valence-electron chi connectivity index (χ1n) is 16.2.